The van der Waals surface area contributed by atoms with Gasteiger partial charge < -0.3 is 14.5 Å². The summed E-state index contributed by atoms with van der Waals surface area (Å²) in [6.07, 6.45) is 0. The maximum atomic E-state index is 13.0. The van der Waals surface area contributed by atoms with Crippen molar-refractivity contribution in [3.8, 4) is 0 Å². The van der Waals surface area contributed by atoms with E-state index in [1.165, 1.54) is 31.0 Å². The number of benzene rings is 2. The number of esters is 1. The Kier molecular flexibility index (Phi) is 6.34. The van der Waals surface area contributed by atoms with Gasteiger partial charge in [-0.1, -0.05) is 12.1 Å². The fourth-order valence-corrected chi connectivity index (χ4v) is 3.91. The number of methoxy groups -OCH3 is 1. The fraction of sp³-hybridized carbons (Fsp3) is 0.300. The lowest BCUT2D eigenvalue weighted by Gasteiger charge is -2.36. The number of amides is 1. The zero-order chi connectivity index (χ0) is 19.2. The number of nitrogens with zero attached hydrogens (tertiary/aromatic N) is 2. The van der Waals surface area contributed by atoms with Crippen LogP contribution in [-0.4, -0.2) is 55.8 Å². The van der Waals surface area contributed by atoms with Gasteiger partial charge in [0.25, 0.3) is 0 Å². The van der Waals surface area contributed by atoms with Crippen LogP contribution in [0, 0.1) is 5.82 Å². The molecule has 1 saturated heterocycles. The van der Waals surface area contributed by atoms with Crippen LogP contribution in [0.15, 0.2) is 53.4 Å². The average Bonchev–Trinajstić information content (AvgIpc) is 2.72. The molecule has 0 atom stereocenters. The molecule has 142 valence electrons. The molecule has 5 nitrogen and oxygen atoms in total. The lowest BCUT2D eigenvalue weighted by Crippen LogP contribution is -2.49. The predicted octanol–water partition coefficient (Wildman–Crippen LogP) is 3.05. The molecule has 2 aromatic carbocycles. The van der Waals surface area contributed by atoms with Gasteiger partial charge in [0, 0.05) is 36.8 Å². The van der Waals surface area contributed by atoms with Crippen LogP contribution in [0.1, 0.15) is 10.4 Å². The molecule has 3 rings (SSSR count). The molecule has 2 aromatic rings. The van der Waals surface area contributed by atoms with E-state index in [0.29, 0.717) is 31.7 Å². The van der Waals surface area contributed by atoms with Crippen molar-refractivity contribution >= 4 is 29.3 Å². The molecule has 0 aliphatic carbocycles. The van der Waals surface area contributed by atoms with Gasteiger partial charge in [-0.05, 0) is 36.4 Å². The number of thioether (sulfide) groups is 1. The number of ether oxygens (including phenoxy) is 1. The molecule has 1 heterocycles. The first kappa shape index (κ1) is 19.2. The third-order valence-electron chi connectivity index (χ3n) is 4.47. The van der Waals surface area contributed by atoms with Gasteiger partial charge in [0.05, 0.1) is 18.4 Å². The molecule has 0 aromatic heterocycles. The van der Waals surface area contributed by atoms with E-state index in [1.54, 1.807) is 24.3 Å². The van der Waals surface area contributed by atoms with Crippen LogP contribution in [-0.2, 0) is 9.53 Å². The van der Waals surface area contributed by atoms with Gasteiger partial charge in [0.2, 0.25) is 5.91 Å². The normalized spacial score (nSPS) is 14.1. The Hall–Kier alpha value is -2.54. The minimum absolute atomic E-state index is 0.0402. The molecule has 0 radical (unpaired) electrons. The highest BCUT2D eigenvalue weighted by atomic mass is 32.2. The van der Waals surface area contributed by atoms with Gasteiger partial charge in [0.15, 0.2) is 0 Å². The molecule has 0 spiro atoms. The van der Waals surface area contributed by atoms with Crippen LogP contribution in [0.25, 0.3) is 0 Å². The van der Waals surface area contributed by atoms with Crippen molar-refractivity contribution < 1.29 is 18.7 Å². The molecule has 1 fully saturated rings. The lowest BCUT2D eigenvalue weighted by molar-refractivity contribution is -0.128. The maximum absolute atomic E-state index is 13.0. The molecule has 1 amide bonds. The lowest BCUT2D eigenvalue weighted by atomic mass is 10.2. The number of carbonyl (C=O) groups is 2. The molecule has 1 aliphatic rings. The summed E-state index contributed by atoms with van der Waals surface area (Å²) in [7, 11) is 1.34. The third-order valence-corrected chi connectivity index (χ3v) is 5.53. The predicted molar refractivity (Wildman–Crippen MR) is 104 cm³/mol. The maximum Gasteiger partial charge on any atom is 0.338 e. The minimum atomic E-state index is -0.404. The monoisotopic (exact) mass is 388 g/mol. The topological polar surface area (TPSA) is 49.9 Å². The SMILES string of the molecule is COC(=O)c1ccccc1SCC(=O)N1CCN(c2ccc(F)cc2)CC1. The number of carbonyl (C=O) groups excluding carboxylic acids is 2. The number of halogens is 1. The van der Waals surface area contributed by atoms with Crippen molar-refractivity contribution in [2.45, 2.75) is 4.90 Å². The largest absolute Gasteiger partial charge is 0.465 e. The Balaban J connectivity index is 1.53. The van der Waals surface area contributed by atoms with E-state index in [4.69, 9.17) is 4.74 Å². The molecule has 7 heteroatoms. The Morgan fingerprint density at radius 3 is 2.37 bits per heavy atom. The van der Waals surface area contributed by atoms with Crippen LogP contribution in [0.2, 0.25) is 0 Å². The smallest absolute Gasteiger partial charge is 0.338 e. The Morgan fingerprint density at radius 1 is 1.04 bits per heavy atom. The third kappa shape index (κ3) is 4.80. The van der Waals surface area contributed by atoms with Gasteiger partial charge in [-0.2, -0.15) is 0 Å². The minimum Gasteiger partial charge on any atom is -0.465 e. The van der Waals surface area contributed by atoms with Crippen LogP contribution in [0.5, 0.6) is 0 Å². The summed E-state index contributed by atoms with van der Waals surface area (Å²) < 4.78 is 17.8. The quantitative estimate of drug-likeness (QED) is 0.582. The van der Waals surface area contributed by atoms with Gasteiger partial charge >= 0.3 is 5.97 Å². The van der Waals surface area contributed by atoms with Crippen molar-refractivity contribution in [1.29, 1.82) is 0 Å². The van der Waals surface area contributed by atoms with Gasteiger partial charge in [-0.25, -0.2) is 9.18 Å². The summed E-state index contributed by atoms with van der Waals surface area (Å²) in [6, 6.07) is 13.5. The highest BCUT2D eigenvalue weighted by Crippen LogP contribution is 2.24. The molecule has 0 N–H and O–H groups in total. The first-order valence-corrected chi connectivity index (χ1v) is 9.65. The van der Waals surface area contributed by atoms with Crippen LogP contribution < -0.4 is 4.90 Å². The summed E-state index contributed by atoms with van der Waals surface area (Å²) in [5, 5.41) is 0. The van der Waals surface area contributed by atoms with Crippen LogP contribution >= 0.6 is 11.8 Å². The summed E-state index contributed by atoms with van der Waals surface area (Å²) in [5.74, 6) is -0.349. The molecule has 27 heavy (non-hydrogen) atoms. The van der Waals surface area contributed by atoms with E-state index in [-0.39, 0.29) is 17.5 Å². The van der Waals surface area contributed by atoms with Crippen molar-refractivity contribution in [2.75, 3.05) is 43.9 Å². The van der Waals surface area contributed by atoms with Crippen LogP contribution in [0.4, 0.5) is 10.1 Å². The average molecular weight is 388 g/mol. The van der Waals surface area contributed by atoms with E-state index in [2.05, 4.69) is 4.90 Å². The fourth-order valence-electron chi connectivity index (χ4n) is 2.97. The second kappa shape index (κ2) is 8.90. The van der Waals surface area contributed by atoms with Crippen molar-refractivity contribution in [3.05, 3.63) is 59.9 Å². The Bertz CT molecular complexity index is 805. The van der Waals surface area contributed by atoms with Gasteiger partial charge in [-0.3, -0.25) is 4.79 Å². The first-order valence-electron chi connectivity index (χ1n) is 8.67. The number of piperazine rings is 1. The summed E-state index contributed by atoms with van der Waals surface area (Å²) in [4.78, 5) is 29.1. The van der Waals surface area contributed by atoms with E-state index in [1.807, 2.05) is 17.0 Å². The van der Waals surface area contributed by atoms with E-state index in [0.717, 1.165) is 10.6 Å². The number of rotatable bonds is 5. The van der Waals surface area contributed by atoms with Gasteiger partial charge in [-0.15, -0.1) is 11.8 Å². The van der Waals surface area contributed by atoms with Crippen molar-refractivity contribution in [2.24, 2.45) is 0 Å². The molecule has 0 unspecified atom stereocenters. The molecular formula is C20H21FN2O3S. The zero-order valence-corrected chi connectivity index (χ0v) is 15.9. The zero-order valence-electron chi connectivity index (χ0n) is 15.1. The number of hydrogen-bond acceptors (Lipinski definition) is 5. The molecule has 0 bridgehead atoms. The molecule has 0 saturated carbocycles. The summed E-state index contributed by atoms with van der Waals surface area (Å²) >= 11 is 1.34. The van der Waals surface area contributed by atoms with E-state index >= 15 is 0 Å². The highest BCUT2D eigenvalue weighted by Gasteiger charge is 2.22. The van der Waals surface area contributed by atoms with E-state index < -0.39 is 5.97 Å². The van der Waals surface area contributed by atoms with Crippen molar-refractivity contribution in [1.82, 2.24) is 4.90 Å². The second-order valence-corrected chi connectivity index (χ2v) is 7.14. The van der Waals surface area contributed by atoms with Crippen molar-refractivity contribution in [3.63, 3.8) is 0 Å². The van der Waals surface area contributed by atoms with E-state index in [9.17, 15) is 14.0 Å². The number of anilines is 1. The molecular weight excluding hydrogens is 367 g/mol. The van der Waals surface area contributed by atoms with Gasteiger partial charge in [0.1, 0.15) is 5.82 Å². The van der Waals surface area contributed by atoms with Crippen LogP contribution in [0.3, 0.4) is 0 Å². The Morgan fingerprint density at radius 2 is 1.70 bits per heavy atom. The second-order valence-electron chi connectivity index (χ2n) is 6.12. The number of hydrogen-bond donors (Lipinski definition) is 0. The Labute approximate surface area is 162 Å². The summed E-state index contributed by atoms with van der Waals surface area (Å²) in [5.41, 5.74) is 1.43. The summed E-state index contributed by atoms with van der Waals surface area (Å²) in [6.45, 7) is 2.66. The first-order chi connectivity index (χ1) is 13.1. The molecule has 1 aliphatic heterocycles. The standard InChI is InChI=1S/C20H21FN2O3S/c1-26-20(25)17-4-2-3-5-18(17)27-14-19(24)23-12-10-22(11-13-23)16-8-6-15(21)7-9-16/h2-9H,10-14H2,1H3. The highest BCUT2D eigenvalue weighted by molar-refractivity contribution is 8.00.